The minimum absolute atomic E-state index is 0.122. The van der Waals surface area contributed by atoms with Gasteiger partial charge in [-0.1, -0.05) is 5.16 Å². The lowest BCUT2D eigenvalue weighted by atomic mass is 9.86. The molecule has 0 aliphatic carbocycles. The van der Waals surface area contributed by atoms with Crippen LogP contribution in [0.1, 0.15) is 25.5 Å². The minimum Gasteiger partial charge on any atom is -0.383 e. The van der Waals surface area contributed by atoms with Crippen molar-refractivity contribution in [3.05, 3.63) is 42.1 Å². The summed E-state index contributed by atoms with van der Waals surface area (Å²) in [4.78, 5) is 14.2. The van der Waals surface area contributed by atoms with E-state index in [2.05, 4.69) is 15.6 Å². The number of rotatable bonds is 5. The van der Waals surface area contributed by atoms with Crippen molar-refractivity contribution in [2.45, 2.75) is 31.9 Å². The van der Waals surface area contributed by atoms with Gasteiger partial charge in [0.1, 0.15) is 17.1 Å². The van der Waals surface area contributed by atoms with Gasteiger partial charge in [-0.2, -0.15) is 5.10 Å². The number of fused-ring (bicyclic) bond motifs is 1. The molecule has 0 spiro atoms. The lowest BCUT2D eigenvalue weighted by Gasteiger charge is -2.36. The lowest BCUT2D eigenvalue weighted by Crippen LogP contribution is -2.45. The number of anilines is 1. The molecule has 0 unspecified atom stereocenters. The van der Waals surface area contributed by atoms with E-state index in [1.807, 2.05) is 11.8 Å². The molecular formula is C19H22FN5O3. The summed E-state index contributed by atoms with van der Waals surface area (Å²) in [5, 5.41) is 22.6. The summed E-state index contributed by atoms with van der Waals surface area (Å²) in [5.41, 5.74) is 0.260. The van der Waals surface area contributed by atoms with Crippen LogP contribution in [-0.4, -0.2) is 50.5 Å². The van der Waals surface area contributed by atoms with Crippen molar-refractivity contribution < 1.29 is 18.8 Å². The van der Waals surface area contributed by atoms with Crippen molar-refractivity contribution in [2.24, 2.45) is 0 Å². The fourth-order valence-corrected chi connectivity index (χ4v) is 3.57. The fraction of sp³-hybridized carbons (Fsp3) is 0.421. The average Bonchev–Trinajstić information content (AvgIpc) is 3.30. The maximum absolute atomic E-state index is 13.3. The van der Waals surface area contributed by atoms with Gasteiger partial charge < -0.3 is 14.9 Å². The monoisotopic (exact) mass is 387 g/mol. The third kappa shape index (κ3) is 3.63. The summed E-state index contributed by atoms with van der Waals surface area (Å²) < 4.78 is 20.3. The Hall–Kier alpha value is -2.78. The van der Waals surface area contributed by atoms with E-state index in [0.717, 1.165) is 6.54 Å². The van der Waals surface area contributed by atoms with Crippen LogP contribution in [0.3, 0.4) is 0 Å². The average molecular weight is 387 g/mol. The molecule has 1 saturated heterocycles. The van der Waals surface area contributed by atoms with Crippen LogP contribution in [0.2, 0.25) is 0 Å². The Bertz CT molecular complexity index is 991. The summed E-state index contributed by atoms with van der Waals surface area (Å²) in [6.07, 6.45) is 4.22. The predicted molar refractivity (Wildman–Crippen MR) is 100 cm³/mol. The molecule has 0 bridgehead atoms. The first kappa shape index (κ1) is 18.6. The predicted octanol–water partition coefficient (Wildman–Crippen LogP) is 2.11. The van der Waals surface area contributed by atoms with E-state index in [4.69, 9.17) is 4.52 Å². The molecule has 1 aliphatic rings. The molecule has 4 rings (SSSR count). The molecule has 1 aromatic carbocycles. The Morgan fingerprint density at radius 3 is 2.89 bits per heavy atom. The molecule has 3 aromatic rings. The standard InChI is InChI=1S/C19H22FN5O3/c1-2-25-11-14(10-21-25)22-17(26)12-24-7-5-19(27,6-8-24)18-15-4-3-13(20)9-16(15)28-23-18/h3-4,9-11,27H,2,5-8,12H2,1H3,(H,22,26). The largest absolute Gasteiger partial charge is 0.383 e. The van der Waals surface area contributed by atoms with Gasteiger partial charge in [-0.3, -0.25) is 14.4 Å². The highest BCUT2D eigenvalue weighted by Crippen LogP contribution is 2.36. The van der Waals surface area contributed by atoms with Crippen molar-refractivity contribution in [1.82, 2.24) is 19.8 Å². The second kappa shape index (κ2) is 7.33. The number of aryl methyl sites for hydroxylation is 1. The SMILES string of the molecule is CCn1cc(NC(=O)CN2CCC(O)(c3noc4cc(F)ccc34)CC2)cn1. The number of carbonyl (C=O) groups excluding carboxylic acids is 1. The van der Waals surface area contributed by atoms with Gasteiger partial charge in [0.05, 0.1) is 18.4 Å². The molecule has 28 heavy (non-hydrogen) atoms. The van der Waals surface area contributed by atoms with Crippen molar-refractivity contribution >= 4 is 22.6 Å². The van der Waals surface area contributed by atoms with Gasteiger partial charge in [0.15, 0.2) is 5.58 Å². The number of benzene rings is 1. The Balaban J connectivity index is 1.37. The first-order chi connectivity index (χ1) is 13.5. The number of aromatic nitrogens is 3. The molecule has 0 saturated carbocycles. The van der Waals surface area contributed by atoms with Gasteiger partial charge in [-0.25, -0.2) is 4.39 Å². The number of amides is 1. The molecule has 0 atom stereocenters. The number of nitrogens with one attached hydrogen (secondary N) is 1. The second-order valence-corrected chi connectivity index (χ2v) is 7.11. The van der Waals surface area contributed by atoms with Crippen LogP contribution in [0.5, 0.6) is 0 Å². The quantitative estimate of drug-likeness (QED) is 0.696. The Morgan fingerprint density at radius 1 is 1.39 bits per heavy atom. The summed E-state index contributed by atoms with van der Waals surface area (Å²) in [6, 6.07) is 4.16. The van der Waals surface area contributed by atoms with Gasteiger partial charge in [0.25, 0.3) is 0 Å². The lowest BCUT2D eigenvalue weighted by molar-refractivity contribution is -0.118. The number of hydrogen-bond donors (Lipinski definition) is 2. The highest BCUT2D eigenvalue weighted by molar-refractivity contribution is 5.92. The maximum Gasteiger partial charge on any atom is 0.238 e. The van der Waals surface area contributed by atoms with Gasteiger partial charge in [0.2, 0.25) is 5.91 Å². The summed E-state index contributed by atoms with van der Waals surface area (Å²) in [7, 11) is 0. The fourth-order valence-electron chi connectivity index (χ4n) is 3.57. The molecule has 1 fully saturated rings. The van der Waals surface area contributed by atoms with Crippen molar-refractivity contribution in [1.29, 1.82) is 0 Å². The molecule has 8 nitrogen and oxygen atoms in total. The van der Waals surface area contributed by atoms with E-state index in [1.54, 1.807) is 23.1 Å². The van der Waals surface area contributed by atoms with Crippen molar-refractivity contribution in [3.8, 4) is 0 Å². The molecule has 2 N–H and O–H groups in total. The molecular weight excluding hydrogens is 365 g/mol. The van der Waals surface area contributed by atoms with Crippen LogP contribution in [0, 0.1) is 5.82 Å². The third-order valence-electron chi connectivity index (χ3n) is 5.17. The van der Waals surface area contributed by atoms with E-state index < -0.39 is 11.4 Å². The van der Waals surface area contributed by atoms with E-state index in [9.17, 15) is 14.3 Å². The number of piperidine rings is 1. The first-order valence-corrected chi connectivity index (χ1v) is 9.29. The van der Waals surface area contributed by atoms with Crippen molar-refractivity contribution in [2.75, 3.05) is 25.0 Å². The zero-order chi connectivity index (χ0) is 19.7. The van der Waals surface area contributed by atoms with Gasteiger partial charge in [-0.15, -0.1) is 0 Å². The zero-order valence-corrected chi connectivity index (χ0v) is 15.6. The second-order valence-electron chi connectivity index (χ2n) is 7.11. The minimum atomic E-state index is -1.15. The highest BCUT2D eigenvalue weighted by Gasteiger charge is 2.38. The maximum atomic E-state index is 13.3. The Labute approximate surface area is 160 Å². The van der Waals surface area contributed by atoms with Crippen LogP contribution in [-0.2, 0) is 16.9 Å². The van der Waals surface area contributed by atoms with E-state index >= 15 is 0 Å². The Morgan fingerprint density at radius 2 is 2.18 bits per heavy atom. The van der Waals surface area contributed by atoms with Crippen LogP contribution in [0.4, 0.5) is 10.1 Å². The molecule has 2 aromatic heterocycles. The van der Waals surface area contributed by atoms with E-state index in [1.165, 1.54) is 12.1 Å². The number of hydrogen-bond acceptors (Lipinski definition) is 6. The summed E-state index contributed by atoms with van der Waals surface area (Å²) >= 11 is 0. The molecule has 9 heteroatoms. The highest BCUT2D eigenvalue weighted by atomic mass is 19.1. The molecule has 3 heterocycles. The smallest absolute Gasteiger partial charge is 0.238 e. The van der Waals surface area contributed by atoms with Crippen LogP contribution in [0.15, 0.2) is 35.1 Å². The molecule has 1 aliphatic heterocycles. The Kier molecular flexibility index (Phi) is 4.86. The number of nitrogens with zero attached hydrogens (tertiary/aromatic N) is 4. The van der Waals surface area contributed by atoms with E-state index in [-0.39, 0.29) is 12.5 Å². The number of carbonyl (C=O) groups is 1. The van der Waals surface area contributed by atoms with Gasteiger partial charge in [-0.05, 0) is 31.9 Å². The number of likely N-dealkylation sites (tertiary alicyclic amines) is 1. The number of halogens is 1. The normalized spacial score (nSPS) is 17.1. The van der Waals surface area contributed by atoms with Crippen molar-refractivity contribution in [3.63, 3.8) is 0 Å². The molecule has 0 radical (unpaired) electrons. The topological polar surface area (TPSA) is 96.4 Å². The first-order valence-electron chi connectivity index (χ1n) is 9.29. The summed E-state index contributed by atoms with van der Waals surface area (Å²) in [6.45, 7) is 4.02. The zero-order valence-electron chi connectivity index (χ0n) is 15.6. The van der Waals surface area contributed by atoms with Gasteiger partial charge >= 0.3 is 0 Å². The van der Waals surface area contributed by atoms with Crippen LogP contribution in [0.25, 0.3) is 11.0 Å². The third-order valence-corrected chi connectivity index (χ3v) is 5.17. The molecule has 1 amide bonds. The number of aliphatic hydroxyl groups is 1. The van der Waals surface area contributed by atoms with Crippen LogP contribution < -0.4 is 5.32 Å². The van der Waals surface area contributed by atoms with E-state index in [0.29, 0.717) is 48.3 Å². The molecule has 148 valence electrons. The van der Waals surface area contributed by atoms with Crippen LogP contribution >= 0.6 is 0 Å². The summed E-state index contributed by atoms with van der Waals surface area (Å²) in [5.74, 6) is -0.532. The van der Waals surface area contributed by atoms with Gasteiger partial charge in [0, 0.05) is 37.3 Å².